The molecule has 3 aromatic carbocycles. The van der Waals surface area contributed by atoms with Gasteiger partial charge in [-0.1, -0.05) is 36.4 Å². The molecule has 3 aromatic rings. The van der Waals surface area contributed by atoms with Gasteiger partial charge in [-0.3, -0.25) is 0 Å². The average Bonchev–Trinajstić information content (AvgIpc) is 2.84. The number of aromatic carboxylic acids is 3. The zero-order valence-corrected chi connectivity index (χ0v) is 20.7. The van der Waals surface area contributed by atoms with Crippen molar-refractivity contribution in [1.29, 1.82) is 0 Å². The molecule has 0 bridgehead atoms. The number of nitrogens with two attached hydrogens (primary N) is 3. The standard InChI is InChI=1S/3C7H7NO3.Nd/c3*8-11-6-4-2-1-3-5(6)7(9)10;/h3*1-4H,8H2,(H,9,10);. The first kappa shape index (κ1) is 30.7. The number of para-hydroxylation sites is 3. The molecule has 0 unspecified atom stereocenters. The van der Waals surface area contributed by atoms with Gasteiger partial charge in [-0.2, -0.15) is 17.7 Å². The predicted octanol–water partition coefficient (Wildman–Crippen LogP) is 1.91. The molecule has 0 amide bonds. The van der Waals surface area contributed by atoms with E-state index in [1.807, 2.05) is 0 Å². The molecule has 0 radical (unpaired) electrons. The molecular formula is C21H21N3NdO9. The van der Waals surface area contributed by atoms with Gasteiger partial charge in [0.1, 0.15) is 16.7 Å². The Morgan fingerprint density at radius 3 is 0.853 bits per heavy atom. The number of carboxylic acid groups (broad SMARTS) is 3. The number of carbonyl (C=O) groups is 3. The molecule has 0 saturated heterocycles. The second kappa shape index (κ2) is 16.3. The maximum atomic E-state index is 10.4. The zero-order valence-electron chi connectivity index (χ0n) is 17.5. The Morgan fingerprint density at radius 2 is 0.706 bits per heavy atom. The number of carboxylic acids is 3. The van der Waals surface area contributed by atoms with E-state index in [1.54, 1.807) is 36.4 Å². The third kappa shape index (κ3) is 9.68. The van der Waals surface area contributed by atoms with Crippen LogP contribution in [-0.2, 0) is 0 Å². The first-order valence-corrected chi connectivity index (χ1v) is 8.83. The molecule has 0 fully saturated rings. The van der Waals surface area contributed by atoms with Gasteiger partial charge in [0.05, 0.1) is 0 Å². The van der Waals surface area contributed by atoms with E-state index in [-0.39, 0.29) is 74.8 Å². The summed E-state index contributed by atoms with van der Waals surface area (Å²) in [4.78, 5) is 44.3. The van der Waals surface area contributed by atoms with Crippen molar-refractivity contribution in [3.63, 3.8) is 0 Å². The molecular weight excluding hydrogens is 582 g/mol. The fourth-order valence-corrected chi connectivity index (χ4v) is 2.24. The Morgan fingerprint density at radius 1 is 0.500 bits per heavy atom. The summed E-state index contributed by atoms with van der Waals surface area (Å²) in [6, 6.07) is 18.5. The van der Waals surface area contributed by atoms with Gasteiger partial charge in [0.15, 0.2) is 17.2 Å². The molecule has 0 aliphatic heterocycles. The SMILES string of the molecule is NOc1ccccc1C(=O)O.NOc1ccccc1C(=O)O.NOc1ccccc1C(=O)O.[Nd]. The van der Waals surface area contributed by atoms with Gasteiger partial charge in [-0.15, -0.1) is 0 Å². The van der Waals surface area contributed by atoms with Gasteiger partial charge < -0.3 is 29.8 Å². The van der Waals surface area contributed by atoms with Crippen LogP contribution >= 0.6 is 0 Å². The molecule has 0 aromatic heterocycles. The molecule has 0 spiro atoms. The molecule has 13 heteroatoms. The smallest absolute Gasteiger partial charge is 0.339 e. The summed E-state index contributed by atoms with van der Waals surface area (Å²) in [5.74, 6) is 11.8. The van der Waals surface area contributed by atoms with E-state index in [9.17, 15) is 14.4 Å². The molecule has 34 heavy (non-hydrogen) atoms. The molecule has 0 saturated carbocycles. The van der Waals surface area contributed by atoms with Crippen molar-refractivity contribution in [2.24, 2.45) is 17.7 Å². The fourth-order valence-electron chi connectivity index (χ4n) is 2.24. The summed E-state index contributed by atoms with van der Waals surface area (Å²) in [5.41, 5.74) is 0.194. The van der Waals surface area contributed by atoms with Gasteiger partial charge in [0.2, 0.25) is 0 Å². The Labute approximate surface area is 226 Å². The minimum absolute atomic E-state index is 0. The fraction of sp³-hybridized carbons (Fsp3) is 0. The molecule has 0 aliphatic carbocycles. The Balaban J connectivity index is 0.000000473. The minimum atomic E-state index is -1.05. The average molecular weight is 604 g/mol. The number of benzene rings is 3. The van der Waals surface area contributed by atoms with Crippen LogP contribution in [0, 0.1) is 40.8 Å². The summed E-state index contributed by atoms with van der Waals surface area (Å²) >= 11 is 0. The molecule has 12 nitrogen and oxygen atoms in total. The van der Waals surface area contributed by atoms with E-state index in [0.717, 1.165) is 0 Å². The maximum Gasteiger partial charge on any atom is 0.339 e. The zero-order chi connectivity index (χ0) is 24.8. The molecule has 3 rings (SSSR count). The monoisotopic (exact) mass is 601 g/mol. The summed E-state index contributed by atoms with van der Waals surface area (Å²) in [7, 11) is 0. The largest absolute Gasteiger partial charge is 0.478 e. The topological polar surface area (TPSA) is 218 Å². The number of hydrogen-bond donors (Lipinski definition) is 6. The van der Waals surface area contributed by atoms with E-state index in [4.69, 9.17) is 33.0 Å². The van der Waals surface area contributed by atoms with Crippen LogP contribution < -0.4 is 32.2 Å². The van der Waals surface area contributed by atoms with Gasteiger partial charge in [-0.25, -0.2) is 14.4 Å². The van der Waals surface area contributed by atoms with Crippen molar-refractivity contribution < 1.29 is 85.1 Å². The van der Waals surface area contributed by atoms with E-state index in [1.165, 1.54) is 36.4 Å². The quantitative estimate of drug-likeness (QED) is 0.223. The normalized spacial score (nSPS) is 8.91. The van der Waals surface area contributed by atoms with Crippen molar-refractivity contribution in [2.45, 2.75) is 0 Å². The summed E-state index contributed by atoms with van der Waals surface area (Å²) in [6.07, 6.45) is 0. The third-order valence-electron chi connectivity index (χ3n) is 3.73. The summed E-state index contributed by atoms with van der Waals surface area (Å²) in [6.45, 7) is 0. The Bertz CT molecular complexity index is 960. The second-order valence-electron chi connectivity index (χ2n) is 5.76. The van der Waals surface area contributed by atoms with Crippen LogP contribution in [-0.4, -0.2) is 33.2 Å². The van der Waals surface area contributed by atoms with Crippen LogP contribution in [0.3, 0.4) is 0 Å². The first-order valence-electron chi connectivity index (χ1n) is 8.83. The van der Waals surface area contributed by atoms with Gasteiger partial charge in [0, 0.05) is 40.8 Å². The maximum absolute atomic E-state index is 10.4. The van der Waals surface area contributed by atoms with E-state index in [2.05, 4.69) is 14.5 Å². The minimum Gasteiger partial charge on any atom is -0.478 e. The number of hydrogen-bond acceptors (Lipinski definition) is 9. The van der Waals surface area contributed by atoms with Crippen LogP contribution in [0.15, 0.2) is 72.8 Å². The van der Waals surface area contributed by atoms with E-state index in [0.29, 0.717) is 0 Å². The van der Waals surface area contributed by atoms with Crippen molar-refractivity contribution in [2.75, 3.05) is 0 Å². The van der Waals surface area contributed by atoms with Crippen molar-refractivity contribution in [3.8, 4) is 17.2 Å². The first-order chi connectivity index (χ1) is 15.8. The van der Waals surface area contributed by atoms with Crippen molar-refractivity contribution in [3.05, 3.63) is 89.5 Å². The Hall–Kier alpha value is -3.30. The molecule has 0 atom stereocenters. The second-order valence-corrected chi connectivity index (χ2v) is 5.76. The van der Waals surface area contributed by atoms with Crippen molar-refractivity contribution >= 4 is 17.9 Å². The van der Waals surface area contributed by atoms with Crippen LogP contribution in [0.5, 0.6) is 17.2 Å². The number of rotatable bonds is 6. The van der Waals surface area contributed by atoms with Crippen molar-refractivity contribution in [1.82, 2.24) is 0 Å². The van der Waals surface area contributed by atoms with Crippen LogP contribution in [0.1, 0.15) is 31.1 Å². The Kier molecular flexibility index (Phi) is 14.7. The van der Waals surface area contributed by atoms with Crippen LogP contribution in [0.4, 0.5) is 0 Å². The van der Waals surface area contributed by atoms with Crippen LogP contribution in [0.25, 0.3) is 0 Å². The van der Waals surface area contributed by atoms with Gasteiger partial charge >= 0.3 is 17.9 Å². The third-order valence-corrected chi connectivity index (χ3v) is 3.73. The molecule has 0 heterocycles. The predicted molar refractivity (Wildman–Crippen MR) is 115 cm³/mol. The van der Waals surface area contributed by atoms with E-state index < -0.39 is 17.9 Å². The summed E-state index contributed by atoms with van der Waals surface area (Å²) < 4.78 is 0. The van der Waals surface area contributed by atoms with Crippen LogP contribution in [0.2, 0.25) is 0 Å². The molecule has 178 valence electrons. The summed E-state index contributed by atoms with van der Waals surface area (Å²) in [5, 5.41) is 25.7. The molecule has 0 aliphatic rings. The van der Waals surface area contributed by atoms with Gasteiger partial charge in [0.25, 0.3) is 0 Å². The van der Waals surface area contributed by atoms with Gasteiger partial charge in [-0.05, 0) is 36.4 Å². The molecule has 9 N–H and O–H groups in total. The van der Waals surface area contributed by atoms with E-state index >= 15 is 0 Å².